The Hall–Kier alpha value is -3.38. The van der Waals surface area contributed by atoms with Gasteiger partial charge >= 0.3 is 0 Å². The van der Waals surface area contributed by atoms with E-state index in [0.717, 1.165) is 14.7 Å². The van der Waals surface area contributed by atoms with Gasteiger partial charge in [0.2, 0.25) is 0 Å². The van der Waals surface area contributed by atoms with Gasteiger partial charge in [-0.15, -0.1) is 0 Å². The number of nitrogens with one attached hydrogen (secondary N) is 1. The summed E-state index contributed by atoms with van der Waals surface area (Å²) in [5.41, 5.74) is 3.02. The standard InChI is InChI=1S/C25H20IN3O5S/c1-15-10-18(29(31)32)8-9-20(15)27-25-28-24(30)22(35-25)13-17-11-19(26)23(21(12-17)33-2)34-14-16-6-4-3-5-7-16/h3-13H,14H2,1-2H3,(H,27,28,30)/b22-13+. The third-order valence-corrected chi connectivity index (χ3v) is 6.75. The summed E-state index contributed by atoms with van der Waals surface area (Å²) < 4.78 is 12.4. The Kier molecular flexibility index (Phi) is 7.71. The Balaban J connectivity index is 1.54. The zero-order valence-electron chi connectivity index (χ0n) is 18.8. The van der Waals surface area contributed by atoms with E-state index < -0.39 is 4.92 Å². The van der Waals surface area contributed by atoms with Gasteiger partial charge in [0.15, 0.2) is 16.7 Å². The van der Waals surface area contributed by atoms with Crippen LogP contribution in [0.15, 0.2) is 70.6 Å². The highest BCUT2D eigenvalue weighted by molar-refractivity contribution is 14.1. The number of nitro benzene ring substituents is 1. The first-order chi connectivity index (χ1) is 16.8. The molecule has 0 atom stereocenters. The highest BCUT2D eigenvalue weighted by atomic mass is 127. The predicted octanol–water partition coefficient (Wildman–Crippen LogP) is 5.99. The van der Waals surface area contributed by atoms with Crippen LogP contribution in [0, 0.1) is 20.6 Å². The second-order valence-corrected chi connectivity index (χ2v) is 9.71. The van der Waals surface area contributed by atoms with Crippen LogP contribution in [0.25, 0.3) is 6.08 Å². The number of aryl methyl sites for hydroxylation is 1. The summed E-state index contributed by atoms with van der Waals surface area (Å²) in [7, 11) is 1.58. The van der Waals surface area contributed by atoms with Crippen LogP contribution in [0.4, 0.5) is 11.4 Å². The van der Waals surface area contributed by atoms with Gasteiger partial charge in [-0.1, -0.05) is 30.3 Å². The molecule has 0 spiro atoms. The largest absolute Gasteiger partial charge is 0.493 e. The number of hydrogen-bond donors (Lipinski definition) is 1. The molecular weight excluding hydrogens is 581 g/mol. The fraction of sp³-hybridized carbons (Fsp3) is 0.120. The summed E-state index contributed by atoms with van der Waals surface area (Å²) in [6.45, 7) is 2.15. The number of rotatable bonds is 7. The number of halogens is 1. The lowest BCUT2D eigenvalue weighted by Gasteiger charge is -2.14. The molecule has 1 N–H and O–H groups in total. The van der Waals surface area contributed by atoms with E-state index in [1.807, 2.05) is 42.5 Å². The lowest BCUT2D eigenvalue weighted by Crippen LogP contribution is -2.19. The van der Waals surface area contributed by atoms with Crippen molar-refractivity contribution in [1.82, 2.24) is 5.32 Å². The highest BCUT2D eigenvalue weighted by Gasteiger charge is 2.24. The maximum absolute atomic E-state index is 12.5. The number of benzene rings is 3. The zero-order chi connectivity index (χ0) is 24.9. The summed E-state index contributed by atoms with van der Waals surface area (Å²) >= 11 is 3.39. The number of thioether (sulfide) groups is 1. The number of ether oxygens (including phenoxy) is 2. The Morgan fingerprint density at radius 2 is 1.94 bits per heavy atom. The van der Waals surface area contributed by atoms with Crippen LogP contribution in [-0.2, 0) is 11.4 Å². The Morgan fingerprint density at radius 1 is 1.17 bits per heavy atom. The third kappa shape index (κ3) is 6.01. The molecule has 10 heteroatoms. The van der Waals surface area contributed by atoms with Crippen molar-refractivity contribution in [3.63, 3.8) is 0 Å². The van der Waals surface area contributed by atoms with Gasteiger partial charge in [0, 0.05) is 12.1 Å². The summed E-state index contributed by atoms with van der Waals surface area (Å²) in [5, 5.41) is 14.1. The molecule has 8 nitrogen and oxygen atoms in total. The average Bonchev–Trinajstić information content (AvgIpc) is 3.18. The molecule has 1 amide bonds. The number of methoxy groups -OCH3 is 1. The molecule has 1 saturated heterocycles. The average molecular weight is 601 g/mol. The van der Waals surface area contributed by atoms with Gasteiger partial charge in [0.05, 0.1) is 26.2 Å². The van der Waals surface area contributed by atoms with Crippen molar-refractivity contribution >= 4 is 62.9 Å². The molecule has 178 valence electrons. The maximum atomic E-state index is 12.5. The van der Waals surface area contributed by atoms with Gasteiger partial charge in [-0.25, -0.2) is 4.99 Å². The van der Waals surface area contributed by atoms with Crippen molar-refractivity contribution in [3.05, 3.63) is 95.9 Å². The van der Waals surface area contributed by atoms with Gasteiger partial charge in [-0.2, -0.15) is 0 Å². The van der Waals surface area contributed by atoms with Gasteiger partial charge in [-0.05, 0) is 82.2 Å². The predicted molar refractivity (Wildman–Crippen MR) is 145 cm³/mol. The summed E-state index contributed by atoms with van der Waals surface area (Å²) in [5.74, 6) is 0.934. The molecule has 4 rings (SSSR count). The van der Waals surface area contributed by atoms with Crippen molar-refractivity contribution in [2.24, 2.45) is 4.99 Å². The first kappa shape index (κ1) is 24.7. The number of aliphatic imine (C=N–C) groups is 1. The van der Waals surface area contributed by atoms with E-state index >= 15 is 0 Å². The van der Waals surface area contributed by atoms with Crippen LogP contribution >= 0.6 is 34.4 Å². The van der Waals surface area contributed by atoms with Gasteiger partial charge in [0.1, 0.15) is 6.61 Å². The molecule has 1 aliphatic heterocycles. The number of amides is 1. The number of nitrogens with zero attached hydrogens (tertiary/aromatic N) is 2. The molecule has 3 aromatic rings. The van der Waals surface area contributed by atoms with Crippen LogP contribution in [-0.4, -0.2) is 23.1 Å². The van der Waals surface area contributed by atoms with Crippen molar-refractivity contribution < 1.29 is 19.2 Å². The molecule has 0 radical (unpaired) electrons. The molecule has 0 aliphatic carbocycles. The summed E-state index contributed by atoms with van der Waals surface area (Å²) in [4.78, 5) is 28.0. The van der Waals surface area contributed by atoms with Gasteiger partial charge in [-0.3, -0.25) is 14.9 Å². The van der Waals surface area contributed by atoms with E-state index in [4.69, 9.17) is 9.47 Å². The lowest BCUT2D eigenvalue weighted by atomic mass is 10.2. The van der Waals surface area contributed by atoms with E-state index in [-0.39, 0.29) is 11.6 Å². The number of amidine groups is 1. The summed E-state index contributed by atoms with van der Waals surface area (Å²) in [6, 6.07) is 18.0. The zero-order valence-corrected chi connectivity index (χ0v) is 21.8. The Morgan fingerprint density at radius 3 is 2.63 bits per heavy atom. The minimum absolute atomic E-state index is 0.00473. The maximum Gasteiger partial charge on any atom is 0.269 e. The van der Waals surface area contributed by atoms with Crippen molar-refractivity contribution in [2.75, 3.05) is 7.11 Å². The smallest absolute Gasteiger partial charge is 0.269 e. The normalized spacial score (nSPS) is 15.3. The molecule has 0 unspecified atom stereocenters. The quantitative estimate of drug-likeness (QED) is 0.155. The molecule has 0 bridgehead atoms. The first-order valence-electron chi connectivity index (χ1n) is 10.4. The van der Waals surface area contributed by atoms with Crippen LogP contribution in [0.1, 0.15) is 16.7 Å². The van der Waals surface area contributed by atoms with Gasteiger partial charge in [0.25, 0.3) is 11.6 Å². The van der Waals surface area contributed by atoms with Gasteiger partial charge < -0.3 is 14.8 Å². The molecule has 1 aliphatic rings. The van der Waals surface area contributed by atoms with E-state index in [2.05, 4.69) is 32.9 Å². The number of carbonyl (C=O) groups excluding carboxylic acids is 1. The number of carbonyl (C=O) groups is 1. The molecule has 35 heavy (non-hydrogen) atoms. The van der Waals surface area contributed by atoms with E-state index in [1.54, 1.807) is 26.2 Å². The van der Waals surface area contributed by atoms with Crippen molar-refractivity contribution in [1.29, 1.82) is 0 Å². The Bertz CT molecular complexity index is 1360. The molecular formula is C25H20IN3O5S. The fourth-order valence-corrected chi connectivity index (χ4v) is 4.93. The van der Waals surface area contributed by atoms with E-state index in [0.29, 0.717) is 39.4 Å². The van der Waals surface area contributed by atoms with E-state index in [9.17, 15) is 14.9 Å². The van der Waals surface area contributed by atoms with Crippen molar-refractivity contribution in [2.45, 2.75) is 13.5 Å². The molecule has 1 heterocycles. The monoisotopic (exact) mass is 601 g/mol. The topological polar surface area (TPSA) is 103 Å². The van der Waals surface area contributed by atoms with Crippen LogP contribution in [0.2, 0.25) is 0 Å². The summed E-state index contributed by atoms with van der Waals surface area (Å²) in [6.07, 6.45) is 1.76. The Labute approximate surface area is 219 Å². The lowest BCUT2D eigenvalue weighted by molar-refractivity contribution is -0.384. The number of non-ortho nitro benzene ring substituents is 1. The SMILES string of the molecule is COc1cc(/C=C2/SC(=Nc3ccc([N+](=O)[O-])cc3C)NC2=O)cc(I)c1OCc1ccccc1. The third-order valence-electron chi connectivity index (χ3n) is 5.04. The van der Waals surface area contributed by atoms with Crippen LogP contribution in [0.5, 0.6) is 11.5 Å². The number of nitro groups is 1. The second-order valence-electron chi connectivity index (χ2n) is 7.52. The van der Waals surface area contributed by atoms with Crippen LogP contribution < -0.4 is 14.8 Å². The van der Waals surface area contributed by atoms with Crippen molar-refractivity contribution in [3.8, 4) is 11.5 Å². The molecule has 3 aromatic carbocycles. The number of hydrogen-bond acceptors (Lipinski definition) is 7. The molecule has 1 fully saturated rings. The highest BCUT2D eigenvalue weighted by Crippen LogP contribution is 2.37. The van der Waals surface area contributed by atoms with Crippen LogP contribution in [0.3, 0.4) is 0 Å². The molecule has 0 aromatic heterocycles. The minimum Gasteiger partial charge on any atom is -0.493 e. The minimum atomic E-state index is -0.454. The molecule has 0 saturated carbocycles. The fourth-order valence-electron chi connectivity index (χ4n) is 3.31. The first-order valence-corrected chi connectivity index (χ1v) is 12.3. The second kappa shape index (κ2) is 10.9. The van der Waals surface area contributed by atoms with E-state index in [1.165, 1.54) is 23.9 Å².